The van der Waals surface area contributed by atoms with Crippen molar-refractivity contribution in [1.82, 2.24) is 4.98 Å². The molecular formula is C14H11F3N2OS. The highest BCUT2D eigenvalue weighted by Crippen LogP contribution is 2.40. The molecule has 0 atom stereocenters. The van der Waals surface area contributed by atoms with E-state index in [9.17, 15) is 18.0 Å². The number of hydrogen-bond donors (Lipinski definition) is 1. The fraction of sp³-hybridized carbons (Fsp3) is 0.286. The monoisotopic (exact) mass is 312 g/mol. The smallest absolute Gasteiger partial charge is 0.298 e. The zero-order valence-electron chi connectivity index (χ0n) is 10.8. The van der Waals surface area contributed by atoms with Crippen LogP contribution in [0.15, 0.2) is 29.6 Å². The lowest BCUT2D eigenvalue weighted by molar-refractivity contribution is -0.137. The summed E-state index contributed by atoms with van der Waals surface area (Å²) in [7, 11) is 0. The van der Waals surface area contributed by atoms with Gasteiger partial charge in [-0.3, -0.25) is 10.1 Å². The van der Waals surface area contributed by atoms with Crippen LogP contribution in [0.3, 0.4) is 0 Å². The molecule has 3 nitrogen and oxygen atoms in total. The zero-order valence-corrected chi connectivity index (χ0v) is 11.6. The predicted molar refractivity (Wildman–Crippen MR) is 73.5 cm³/mol. The minimum absolute atomic E-state index is 0.172. The van der Waals surface area contributed by atoms with Gasteiger partial charge in [0.2, 0.25) is 0 Å². The molecule has 3 rings (SSSR count). The molecule has 1 saturated carbocycles. The van der Waals surface area contributed by atoms with Crippen molar-refractivity contribution >= 4 is 22.4 Å². The second-order valence-electron chi connectivity index (χ2n) is 4.88. The van der Waals surface area contributed by atoms with Gasteiger partial charge in [-0.2, -0.15) is 13.2 Å². The lowest BCUT2D eigenvalue weighted by Crippen LogP contribution is -2.12. The van der Waals surface area contributed by atoms with E-state index in [-0.39, 0.29) is 5.56 Å². The molecule has 21 heavy (non-hydrogen) atoms. The van der Waals surface area contributed by atoms with Gasteiger partial charge < -0.3 is 0 Å². The van der Waals surface area contributed by atoms with Gasteiger partial charge in [-0.25, -0.2) is 4.98 Å². The van der Waals surface area contributed by atoms with Gasteiger partial charge in [-0.15, -0.1) is 11.3 Å². The minimum Gasteiger partial charge on any atom is -0.298 e. The average Bonchev–Trinajstić information content (AvgIpc) is 3.19. The van der Waals surface area contributed by atoms with E-state index in [1.807, 2.05) is 5.38 Å². The third-order valence-corrected chi connectivity index (χ3v) is 3.99. The van der Waals surface area contributed by atoms with Crippen LogP contribution in [0.25, 0.3) is 0 Å². The molecule has 1 fully saturated rings. The van der Waals surface area contributed by atoms with Crippen LogP contribution in [0.4, 0.5) is 18.3 Å². The van der Waals surface area contributed by atoms with Gasteiger partial charge in [-0.1, -0.05) is 0 Å². The Bertz CT molecular complexity index is 660. The number of carbonyl (C=O) groups excluding carboxylic acids is 1. The quantitative estimate of drug-likeness (QED) is 0.918. The van der Waals surface area contributed by atoms with Crippen LogP contribution in [-0.2, 0) is 6.18 Å². The van der Waals surface area contributed by atoms with Crippen LogP contribution in [0.2, 0.25) is 0 Å². The molecule has 0 bridgehead atoms. The largest absolute Gasteiger partial charge is 0.416 e. The van der Waals surface area contributed by atoms with Crippen molar-refractivity contribution in [2.45, 2.75) is 24.9 Å². The van der Waals surface area contributed by atoms with E-state index >= 15 is 0 Å². The molecule has 1 aliphatic carbocycles. The Balaban J connectivity index is 1.69. The van der Waals surface area contributed by atoms with Crippen LogP contribution in [-0.4, -0.2) is 10.9 Å². The highest BCUT2D eigenvalue weighted by molar-refractivity contribution is 7.14. The summed E-state index contributed by atoms with van der Waals surface area (Å²) in [6.07, 6.45) is -2.16. The van der Waals surface area contributed by atoms with Gasteiger partial charge in [0.15, 0.2) is 5.13 Å². The molecule has 1 amide bonds. The molecular weight excluding hydrogens is 301 g/mol. The van der Waals surface area contributed by atoms with E-state index in [2.05, 4.69) is 10.3 Å². The Morgan fingerprint density at radius 2 is 1.90 bits per heavy atom. The molecule has 1 aromatic heterocycles. The number of carbonyl (C=O) groups is 1. The Labute approximate surface area is 122 Å². The van der Waals surface area contributed by atoms with Crippen molar-refractivity contribution in [3.05, 3.63) is 46.5 Å². The van der Waals surface area contributed by atoms with Gasteiger partial charge in [0.25, 0.3) is 5.91 Å². The first-order valence-electron chi connectivity index (χ1n) is 6.37. The number of aromatic nitrogens is 1. The van der Waals surface area contributed by atoms with Crippen molar-refractivity contribution in [1.29, 1.82) is 0 Å². The number of anilines is 1. The molecule has 110 valence electrons. The number of halogens is 3. The van der Waals surface area contributed by atoms with Crippen LogP contribution < -0.4 is 5.32 Å². The topological polar surface area (TPSA) is 42.0 Å². The summed E-state index contributed by atoms with van der Waals surface area (Å²) in [6.45, 7) is 0. The first-order valence-corrected chi connectivity index (χ1v) is 7.25. The number of hydrogen-bond acceptors (Lipinski definition) is 3. The van der Waals surface area contributed by atoms with Crippen LogP contribution >= 0.6 is 11.3 Å². The third-order valence-electron chi connectivity index (χ3n) is 3.21. The lowest BCUT2D eigenvalue weighted by Gasteiger charge is -2.07. The normalized spacial score (nSPS) is 15.0. The molecule has 1 aromatic carbocycles. The van der Waals surface area contributed by atoms with E-state index in [1.165, 1.54) is 11.3 Å². The van der Waals surface area contributed by atoms with Gasteiger partial charge in [0.05, 0.1) is 11.3 Å². The van der Waals surface area contributed by atoms with Crippen molar-refractivity contribution < 1.29 is 18.0 Å². The fourth-order valence-corrected chi connectivity index (χ4v) is 2.68. The van der Waals surface area contributed by atoms with Crippen LogP contribution in [0.5, 0.6) is 0 Å². The number of benzene rings is 1. The molecule has 1 heterocycles. The molecule has 1 N–H and O–H groups in total. The standard InChI is InChI=1S/C14H11F3N2OS/c15-14(16,17)10-5-3-9(4-6-10)12(20)19-13-18-11(7-21-13)8-1-2-8/h3-8H,1-2H2,(H,18,19,20). The van der Waals surface area contributed by atoms with Gasteiger partial charge >= 0.3 is 6.18 Å². The molecule has 0 unspecified atom stereocenters. The van der Waals surface area contributed by atoms with E-state index in [0.29, 0.717) is 11.0 Å². The summed E-state index contributed by atoms with van der Waals surface area (Å²) < 4.78 is 37.3. The van der Waals surface area contributed by atoms with Crippen molar-refractivity contribution in [3.8, 4) is 0 Å². The molecule has 0 spiro atoms. The number of nitrogens with one attached hydrogen (secondary N) is 1. The summed E-state index contributed by atoms with van der Waals surface area (Å²) in [6, 6.07) is 4.11. The summed E-state index contributed by atoms with van der Waals surface area (Å²) in [5.41, 5.74) is 0.373. The Kier molecular flexibility index (Phi) is 3.44. The first kappa shape index (κ1) is 14.1. The molecule has 0 saturated heterocycles. The number of thiazole rings is 1. The van der Waals surface area contributed by atoms with E-state index in [1.54, 1.807) is 0 Å². The molecule has 1 aliphatic rings. The second kappa shape index (κ2) is 5.14. The molecule has 0 aliphatic heterocycles. The van der Waals surface area contributed by atoms with Crippen LogP contribution in [0, 0.1) is 0 Å². The summed E-state index contributed by atoms with van der Waals surface area (Å²) in [4.78, 5) is 16.2. The van der Waals surface area contributed by atoms with Crippen molar-refractivity contribution in [2.24, 2.45) is 0 Å². The second-order valence-corrected chi connectivity index (χ2v) is 5.74. The first-order chi connectivity index (χ1) is 9.93. The third kappa shape index (κ3) is 3.24. The summed E-state index contributed by atoms with van der Waals surface area (Å²) in [5.74, 6) is 0.0402. The maximum absolute atomic E-state index is 12.4. The maximum atomic E-state index is 12.4. The Morgan fingerprint density at radius 1 is 1.24 bits per heavy atom. The average molecular weight is 312 g/mol. The van der Waals surface area contributed by atoms with Gasteiger partial charge in [0.1, 0.15) is 0 Å². The molecule has 0 radical (unpaired) electrons. The lowest BCUT2D eigenvalue weighted by atomic mass is 10.1. The van der Waals surface area contributed by atoms with Crippen molar-refractivity contribution in [3.63, 3.8) is 0 Å². The van der Waals surface area contributed by atoms with E-state index in [0.717, 1.165) is 42.8 Å². The van der Waals surface area contributed by atoms with Gasteiger partial charge in [0, 0.05) is 16.9 Å². The molecule has 2 aromatic rings. The van der Waals surface area contributed by atoms with E-state index in [4.69, 9.17) is 0 Å². The predicted octanol–water partition coefficient (Wildman–Crippen LogP) is 4.29. The number of nitrogens with zero attached hydrogens (tertiary/aromatic N) is 1. The summed E-state index contributed by atoms with van der Waals surface area (Å²) in [5, 5.41) is 4.98. The Morgan fingerprint density at radius 3 is 2.48 bits per heavy atom. The van der Waals surface area contributed by atoms with Crippen LogP contribution in [0.1, 0.15) is 40.4 Å². The SMILES string of the molecule is O=C(Nc1nc(C2CC2)cs1)c1ccc(C(F)(F)F)cc1. The minimum atomic E-state index is -4.40. The number of rotatable bonds is 3. The fourth-order valence-electron chi connectivity index (χ4n) is 1.89. The maximum Gasteiger partial charge on any atom is 0.416 e. The Hall–Kier alpha value is -1.89. The summed E-state index contributed by atoms with van der Waals surface area (Å²) >= 11 is 1.33. The zero-order chi connectivity index (χ0) is 15.0. The molecule has 7 heteroatoms. The van der Waals surface area contributed by atoms with Gasteiger partial charge in [-0.05, 0) is 37.1 Å². The van der Waals surface area contributed by atoms with E-state index < -0.39 is 17.6 Å². The number of alkyl halides is 3. The highest BCUT2D eigenvalue weighted by Gasteiger charge is 2.30. The highest BCUT2D eigenvalue weighted by atomic mass is 32.1. The van der Waals surface area contributed by atoms with Crippen molar-refractivity contribution in [2.75, 3.05) is 5.32 Å². The number of amides is 1.